The van der Waals surface area contributed by atoms with Gasteiger partial charge in [-0.2, -0.15) is 0 Å². The molecular formula is C16H30. The maximum absolute atomic E-state index is 1.55. The zero-order chi connectivity index (χ0) is 11.1. The molecule has 94 valence electrons. The van der Waals surface area contributed by atoms with Gasteiger partial charge in [-0.1, -0.05) is 89.9 Å². The molecule has 0 saturated heterocycles. The molecule has 0 bridgehead atoms. The fraction of sp³-hybridized carbons (Fsp3) is 1.00. The summed E-state index contributed by atoms with van der Waals surface area (Å²) in [6.45, 7) is 0. The monoisotopic (exact) mass is 222 g/mol. The van der Waals surface area contributed by atoms with Gasteiger partial charge in [-0.25, -0.2) is 0 Å². The maximum atomic E-state index is 1.55. The van der Waals surface area contributed by atoms with Crippen LogP contribution in [0.15, 0.2) is 0 Å². The molecule has 2 aliphatic rings. The standard InChI is InChI=1S/C16H30/c1-2-5-10-15(9-4-1)13-8-14-16-11-6-3-7-12-16/h15-16H,1-14H2. The molecule has 0 unspecified atom stereocenters. The second-order valence-corrected chi connectivity index (χ2v) is 6.29. The van der Waals surface area contributed by atoms with Gasteiger partial charge in [0.15, 0.2) is 0 Å². The minimum Gasteiger partial charge on any atom is -0.0533 e. The van der Waals surface area contributed by atoms with E-state index in [2.05, 4.69) is 0 Å². The van der Waals surface area contributed by atoms with Crippen LogP contribution in [0.5, 0.6) is 0 Å². The summed E-state index contributed by atoms with van der Waals surface area (Å²) in [6.07, 6.45) is 21.5. The van der Waals surface area contributed by atoms with Gasteiger partial charge in [-0.15, -0.1) is 0 Å². The van der Waals surface area contributed by atoms with E-state index in [1.807, 2.05) is 0 Å². The lowest BCUT2D eigenvalue weighted by Crippen LogP contribution is -2.07. The Morgan fingerprint density at radius 2 is 0.875 bits per heavy atom. The van der Waals surface area contributed by atoms with Crippen molar-refractivity contribution < 1.29 is 0 Å². The molecule has 0 aliphatic heterocycles. The smallest absolute Gasteiger partial charge is 0.0414 e. The Kier molecular flexibility index (Phi) is 5.72. The van der Waals surface area contributed by atoms with Gasteiger partial charge in [0.1, 0.15) is 0 Å². The molecule has 0 atom stereocenters. The third-order valence-electron chi connectivity index (χ3n) is 4.92. The zero-order valence-electron chi connectivity index (χ0n) is 11.1. The fourth-order valence-electron chi connectivity index (χ4n) is 3.82. The Balaban J connectivity index is 1.55. The zero-order valence-corrected chi connectivity index (χ0v) is 11.1. The quantitative estimate of drug-likeness (QED) is 0.535. The van der Waals surface area contributed by atoms with E-state index in [1.54, 1.807) is 38.5 Å². The molecule has 0 N–H and O–H groups in total. The first kappa shape index (κ1) is 12.5. The van der Waals surface area contributed by atoms with Crippen LogP contribution in [0.1, 0.15) is 89.9 Å². The highest BCUT2D eigenvalue weighted by Gasteiger charge is 2.15. The van der Waals surface area contributed by atoms with Crippen LogP contribution in [0, 0.1) is 11.8 Å². The van der Waals surface area contributed by atoms with Crippen LogP contribution in [0.2, 0.25) is 0 Å². The minimum absolute atomic E-state index is 1.10. The van der Waals surface area contributed by atoms with E-state index in [0.29, 0.717) is 0 Å². The van der Waals surface area contributed by atoms with Gasteiger partial charge in [0.05, 0.1) is 0 Å². The molecule has 0 heterocycles. The summed E-state index contributed by atoms with van der Waals surface area (Å²) in [7, 11) is 0. The molecule has 2 saturated carbocycles. The third kappa shape index (κ3) is 4.47. The number of hydrogen-bond donors (Lipinski definition) is 0. The maximum Gasteiger partial charge on any atom is -0.0414 e. The Morgan fingerprint density at radius 3 is 1.31 bits per heavy atom. The SMILES string of the molecule is C1CCCC(CCCC2CCCCC2)CC1. The van der Waals surface area contributed by atoms with Crippen LogP contribution in [0.3, 0.4) is 0 Å². The van der Waals surface area contributed by atoms with Crippen LogP contribution < -0.4 is 0 Å². The van der Waals surface area contributed by atoms with Crippen molar-refractivity contribution in [1.82, 2.24) is 0 Å². The lowest BCUT2D eigenvalue weighted by atomic mass is 9.84. The molecule has 0 aromatic heterocycles. The second kappa shape index (κ2) is 7.35. The van der Waals surface area contributed by atoms with Crippen molar-refractivity contribution in [1.29, 1.82) is 0 Å². The van der Waals surface area contributed by atoms with Crippen molar-refractivity contribution in [3.8, 4) is 0 Å². The van der Waals surface area contributed by atoms with Gasteiger partial charge in [-0.05, 0) is 11.8 Å². The largest absolute Gasteiger partial charge is 0.0533 e. The normalized spacial score (nSPS) is 25.5. The van der Waals surface area contributed by atoms with E-state index in [4.69, 9.17) is 0 Å². The number of rotatable bonds is 4. The fourth-order valence-corrected chi connectivity index (χ4v) is 3.82. The molecule has 0 radical (unpaired) electrons. The average molecular weight is 222 g/mol. The predicted octanol–water partition coefficient (Wildman–Crippen LogP) is 5.71. The van der Waals surface area contributed by atoms with Crippen LogP contribution in [0.4, 0.5) is 0 Å². The van der Waals surface area contributed by atoms with Crippen LogP contribution in [-0.4, -0.2) is 0 Å². The van der Waals surface area contributed by atoms with Gasteiger partial charge in [0, 0.05) is 0 Å². The van der Waals surface area contributed by atoms with E-state index in [1.165, 1.54) is 51.4 Å². The van der Waals surface area contributed by atoms with E-state index in [0.717, 1.165) is 11.8 Å². The topological polar surface area (TPSA) is 0 Å². The second-order valence-electron chi connectivity index (χ2n) is 6.29. The molecule has 2 fully saturated rings. The summed E-state index contributed by atoms with van der Waals surface area (Å²) in [5.41, 5.74) is 0. The summed E-state index contributed by atoms with van der Waals surface area (Å²) in [5, 5.41) is 0. The summed E-state index contributed by atoms with van der Waals surface area (Å²) < 4.78 is 0. The van der Waals surface area contributed by atoms with E-state index in [-0.39, 0.29) is 0 Å². The molecule has 0 aromatic rings. The molecular weight excluding hydrogens is 192 g/mol. The van der Waals surface area contributed by atoms with Crippen molar-refractivity contribution in [3.63, 3.8) is 0 Å². The van der Waals surface area contributed by atoms with Crippen molar-refractivity contribution in [2.24, 2.45) is 11.8 Å². The van der Waals surface area contributed by atoms with Gasteiger partial charge >= 0.3 is 0 Å². The summed E-state index contributed by atoms with van der Waals surface area (Å²) in [6, 6.07) is 0. The van der Waals surface area contributed by atoms with Crippen molar-refractivity contribution in [3.05, 3.63) is 0 Å². The Labute approximate surface area is 102 Å². The summed E-state index contributed by atoms with van der Waals surface area (Å²) >= 11 is 0. The average Bonchev–Trinajstić information content (AvgIpc) is 2.59. The number of hydrogen-bond acceptors (Lipinski definition) is 0. The van der Waals surface area contributed by atoms with Crippen molar-refractivity contribution in [2.45, 2.75) is 89.9 Å². The van der Waals surface area contributed by atoms with E-state index >= 15 is 0 Å². The lowest BCUT2D eigenvalue weighted by molar-refractivity contribution is 0.311. The van der Waals surface area contributed by atoms with Gasteiger partial charge in [0.2, 0.25) is 0 Å². The van der Waals surface area contributed by atoms with Crippen LogP contribution in [0.25, 0.3) is 0 Å². The lowest BCUT2D eigenvalue weighted by Gasteiger charge is -2.22. The Hall–Kier alpha value is 0. The summed E-state index contributed by atoms with van der Waals surface area (Å²) in [5.74, 6) is 2.21. The highest BCUT2D eigenvalue weighted by molar-refractivity contribution is 4.69. The molecule has 2 aliphatic carbocycles. The molecule has 0 nitrogen and oxygen atoms in total. The molecule has 0 aromatic carbocycles. The van der Waals surface area contributed by atoms with Gasteiger partial charge in [0.25, 0.3) is 0 Å². The van der Waals surface area contributed by atoms with Crippen molar-refractivity contribution in [2.75, 3.05) is 0 Å². The molecule has 2 rings (SSSR count). The van der Waals surface area contributed by atoms with Gasteiger partial charge < -0.3 is 0 Å². The summed E-state index contributed by atoms with van der Waals surface area (Å²) in [4.78, 5) is 0. The van der Waals surface area contributed by atoms with Gasteiger partial charge in [-0.3, -0.25) is 0 Å². The highest BCUT2D eigenvalue weighted by Crippen LogP contribution is 2.31. The van der Waals surface area contributed by atoms with Crippen LogP contribution in [-0.2, 0) is 0 Å². The van der Waals surface area contributed by atoms with E-state index < -0.39 is 0 Å². The Morgan fingerprint density at radius 1 is 0.500 bits per heavy atom. The third-order valence-corrected chi connectivity index (χ3v) is 4.92. The first-order chi connectivity index (χ1) is 7.95. The molecule has 16 heavy (non-hydrogen) atoms. The molecule has 0 spiro atoms. The predicted molar refractivity (Wildman–Crippen MR) is 71.6 cm³/mol. The Bertz CT molecular complexity index is 159. The highest BCUT2D eigenvalue weighted by atomic mass is 14.2. The van der Waals surface area contributed by atoms with E-state index in [9.17, 15) is 0 Å². The minimum atomic E-state index is 1.10. The molecule has 0 heteroatoms. The van der Waals surface area contributed by atoms with Crippen molar-refractivity contribution >= 4 is 0 Å². The first-order valence-corrected chi connectivity index (χ1v) is 7.95. The molecule has 0 amide bonds. The first-order valence-electron chi connectivity index (χ1n) is 7.95. The van der Waals surface area contributed by atoms with Crippen LogP contribution >= 0.6 is 0 Å².